The summed E-state index contributed by atoms with van der Waals surface area (Å²) in [6, 6.07) is 11.2. The zero-order valence-corrected chi connectivity index (χ0v) is 16.9. The molecule has 1 aromatic carbocycles. The van der Waals surface area contributed by atoms with Crippen LogP contribution in [0.1, 0.15) is 17.3 Å². The molecule has 0 saturated carbocycles. The van der Waals surface area contributed by atoms with Gasteiger partial charge in [0.05, 0.1) is 5.56 Å². The molecule has 2 aromatic rings. The van der Waals surface area contributed by atoms with E-state index in [2.05, 4.69) is 26.2 Å². The Morgan fingerprint density at radius 2 is 1.96 bits per heavy atom. The first-order chi connectivity index (χ1) is 11.1. The van der Waals surface area contributed by atoms with Crippen molar-refractivity contribution in [3.63, 3.8) is 0 Å². The molecule has 8 heteroatoms. The van der Waals surface area contributed by atoms with Gasteiger partial charge in [-0.05, 0) is 37.3 Å². The van der Waals surface area contributed by atoms with Gasteiger partial charge in [-0.1, -0.05) is 15.9 Å². The van der Waals surface area contributed by atoms with Gasteiger partial charge < -0.3 is 15.0 Å². The Morgan fingerprint density at radius 1 is 1.24 bits per heavy atom. The zero-order valence-electron chi connectivity index (χ0n) is 13.6. The van der Waals surface area contributed by atoms with E-state index in [9.17, 15) is 4.79 Å². The van der Waals surface area contributed by atoms with Crippen molar-refractivity contribution in [2.75, 3.05) is 19.6 Å². The average Bonchev–Trinajstić information content (AvgIpc) is 2.57. The van der Waals surface area contributed by atoms with E-state index in [0.29, 0.717) is 17.2 Å². The number of rotatable bonds is 3. The van der Waals surface area contributed by atoms with Gasteiger partial charge in [0.1, 0.15) is 5.75 Å². The van der Waals surface area contributed by atoms with E-state index in [0.717, 1.165) is 24.1 Å². The van der Waals surface area contributed by atoms with Crippen LogP contribution in [0.4, 0.5) is 0 Å². The van der Waals surface area contributed by atoms with Crippen LogP contribution in [-0.4, -0.2) is 41.5 Å². The van der Waals surface area contributed by atoms with Crippen molar-refractivity contribution < 1.29 is 9.53 Å². The molecule has 2 heterocycles. The quantitative estimate of drug-likeness (QED) is 0.773. The molecule has 25 heavy (non-hydrogen) atoms. The maximum absolute atomic E-state index is 12.5. The molecule has 1 amide bonds. The highest BCUT2D eigenvalue weighted by molar-refractivity contribution is 9.10. The van der Waals surface area contributed by atoms with Crippen molar-refractivity contribution in [2.45, 2.75) is 13.0 Å². The number of piperazine rings is 1. The van der Waals surface area contributed by atoms with E-state index in [4.69, 9.17) is 4.74 Å². The highest BCUT2D eigenvalue weighted by atomic mass is 79.9. The molecule has 136 valence electrons. The number of carbonyl (C=O) groups excluding carboxylic acids is 1. The zero-order chi connectivity index (χ0) is 16.2. The summed E-state index contributed by atoms with van der Waals surface area (Å²) in [6.07, 6.45) is 1.57. The number of benzene rings is 1. The van der Waals surface area contributed by atoms with Crippen LogP contribution in [0.25, 0.3) is 0 Å². The molecular formula is C17H20BrCl2N3O2. The molecule has 5 nitrogen and oxygen atoms in total. The van der Waals surface area contributed by atoms with Crippen LogP contribution in [0.15, 0.2) is 47.1 Å². The van der Waals surface area contributed by atoms with Crippen molar-refractivity contribution in [3.8, 4) is 11.6 Å². The van der Waals surface area contributed by atoms with Gasteiger partial charge in [0.15, 0.2) is 0 Å². The van der Waals surface area contributed by atoms with E-state index in [-0.39, 0.29) is 36.8 Å². The molecular weight excluding hydrogens is 429 g/mol. The number of nitrogens with zero attached hydrogens (tertiary/aromatic N) is 2. The maximum Gasteiger partial charge on any atom is 0.255 e. The second kappa shape index (κ2) is 9.97. The van der Waals surface area contributed by atoms with Gasteiger partial charge in [0.25, 0.3) is 5.91 Å². The van der Waals surface area contributed by atoms with E-state index >= 15 is 0 Å². The second-order valence-corrected chi connectivity index (χ2v) is 6.41. The highest BCUT2D eigenvalue weighted by Gasteiger charge is 2.24. The number of pyridine rings is 1. The molecule has 1 saturated heterocycles. The lowest BCUT2D eigenvalue weighted by molar-refractivity contribution is 0.0655. The molecule has 1 fully saturated rings. The lowest BCUT2D eigenvalue weighted by Crippen LogP contribution is -2.52. The first-order valence-electron chi connectivity index (χ1n) is 7.54. The fourth-order valence-electron chi connectivity index (χ4n) is 2.50. The minimum atomic E-state index is 0. The van der Waals surface area contributed by atoms with Gasteiger partial charge in [0, 0.05) is 42.4 Å². The number of aromatic nitrogens is 1. The molecule has 0 spiro atoms. The van der Waals surface area contributed by atoms with Crippen LogP contribution in [-0.2, 0) is 0 Å². The number of halogens is 3. The number of amides is 1. The SMILES string of the molecule is CC1CNCCN1C(=O)c1ccc(Oc2ccc(Br)cc2)nc1.Cl.Cl. The summed E-state index contributed by atoms with van der Waals surface area (Å²) >= 11 is 3.38. The Labute approximate surface area is 168 Å². The van der Waals surface area contributed by atoms with Gasteiger partial charge in [-0.3, -0.25) is 4.79 Å². The predicted octanol–water partition coefficient (Wildman–Crippen LogP) is 3.91. The standard InChI is InChI=1S/C17H18BrN3O2.2ClH/c1-12-10-19-8-9-21(12)17(22)13-2-7-16(20-11-13)23-15-5-3-14(18)4-6-15;;/h2-7,11-12,19H,8-10H2,1H3;2*1H. The fraction of sp³-hybridized carbons (Fsp3) is 0.294. The smallest absolute Gasteiger partial charge is 0.255 e. The van der Waals surface area contributed by atoms with Crippen LogP contribution in [0, 0.1) is 0 Å². The van der Waals surface area contributed by atoms with Crippen LogP contribution >= 0.6 is 40.7 Å². The largest absolute Gasteiger partial charge is 0.439 e. The third kappa shape index (κ3) is 5.57. The van der Waals surface area contributed by atoms with Crippen LogP contribution in [0.2, 0.25) is 0 Å². The van der Waals surface area contributed by atoms with Gasteiger partial charge in [-0.25, -0.2) is 4.98 Å². The summed E-state index contributed by atoms with van der Waals surface area (Å²) in [4.78, 5) is 18.6. The molecule has 0 bridgehead atoms. The third-order valence-electron chi connectivity index (χ3n) is 3.78. The Morgan fingerprint density at radius 3 is 2.56 bits per heavy atom. The molecule has 0 radical (unpaired) electrons. The topological polar surface area (TPSA) is 54.5 Å². The average molecular weight is 449 g/mol. The van der Waals surface area contributed by atoms with E-state index in [1.54, 1.807) is 18.3 Å². The van der Waals surface area contributed by atoms with Crippen molar-refractivity contribution >= 4 is 46.7 Å². The Balaban J connectivity index is 0.00000156. The van der Waals surface area contributed by atoms with Gasteiger partial charge >= 0.3 is 0 Å². The first kappa shape index (κ1) is 21.7. The second-order valence-electron chi connectivity index (χ2n) is 5.49. The normalized spacial score (nSPS) is 16.4. The lowest BCUT2D eigenvalue weighted by Gasteiger charge is -2.33. The van der Waals surface area contributed by atoms with Crippen molar-refractivity contribution in [2.24, 2.45) is 0 Å². The molecule has 1 aromatic heterocycles. The maximum atomic E-state index is 12.5. The van der Waals surface area contributed by atoms with Gasteiger partial charge in [0.2, 0.25) is 5.88 Å². The van der Waals surface area contributed by atoms with Gasteiger partial charge in [-0.15, -0.1) is 24.8 Å². The Kier molecular flexibility index (Phi) is 8.65. The van der Waals surface area contributed by atoms with E-state index < -0.39 is 0 Å². The summed E-state index contributed by atoms with van der Waals surface area (Å²) in [5.74, 6) is 1.19. The molecule has 1 aliphatic heterocycles. The summed E-state index contributed by atoms with van der Waals surface area (Å²) < 4.78 is 6.66. The highest BCUT2D eigenvalue weighted by Crippen LogP contribution is 2.22. The van der Waals surface area contributed by atoms with Crippen LogP contribution in [0.3, 0.4) is 0 Å². The Hall–Kier alpha value is -1.34. The molecule has 1 aliphatic rings. The molecule has 1 N–H and O–H groups in total. The molecule has 3 rings (SSSR count). The summed E-state index contributed by atoms with van der Waals surface area (Å²) in [6.45, 7) is 4.41. The summed E-state index contributed by atoms with van der Waals surface area (Å²) in [5.41, 5.74) is 0.585. The monoisotopic (exact) mass is 447 g/mol. The minimum Gasteiger partial charge on any atom is -0.439 e. The van der Waals surface area contributed by atoms with Crippen molar-refractivity contribution in [1.82, 2.24) is 15.2 Å². The molecule has 0 aliphatic carbocycles. The van der Waals surface area contributed by atoms with E-state index in [1.165, 1.54) is 0 Å². The van der Waals surface area contributed by atoms with Crippen molar-refractivity contribution in [3.05, 3.63) is 52.6 Å². The number of carbonyl (C=O) groups is 1. The number of hydrogen-bond donors (Lipinski definition) is 1. The summed E-state index contributed by atoms with van der Waals surface area (Å²) in [5, 5.41) is 3.28. The third-order valence-corrected chi connectivity index (χ3v) is 4.31. The minimum absolute atomic E-state index is 0. The van der Waals surface area contributed by atoms with Crippen LogP contribution < -0.4 is 10.1 Å². The van der Waals surface area contributed by atoms with Crippen LogP contribution in [0.5, 0.6) is 11.6 Å². The number of ether oxygens (including phenoxy) is 1. The predicted molar refractivity (Wildman–Crippen MR) is 106 cm³/mol. The number of nitrogens with one attached hydrogen (secondary N) is 1. The van der Waals surface area contributed by atoms with E-state index in [1.807, 2.05) is 36.1 Å². The molecule has 1 atom stereocenters. The fourth-order valence-corrected chi connectivity index (χ4v) is 2.76. The Bertz CT molecular complexity index is 683. The number of hydrogen-bond acceptors (Lipinski definition) is 4. The molecule has 1 unspecified atom stereocenters. The van der Waals surface area contributed by atoms with Gasteiger partial charge in [-0.2, -0.15) is 0 Å². The lowest BCUT2D eigenvalue weighted by atomic mass is 10.1. The van der Waals surface area contributed by atoms with Crippen molar-refractivity contribution in [1.29, 1.82) is 0 Å². The first-order valence-corrected chi connectivity index (χ1v) is 8.34. The summed E-state index contributed by atoms with van der Waals surface area (Å²) in [7, 11) is 0.